The summed E-state index contributed by atoms with van der Waals surface area (Å²) in [6.45, 7) is 2.00. The first kappa shape index (κ1) is 17.7. The Hall–Kier alpha value is -3.67. The van der Waals surface area contributed by atoms with Gasteiger partial charge in [0.1, 0.15) is 0 Å². The van der Waals surface area contributed by atoms with Crippen molar-refractivity contribution in [1.29, 1.82) is 0 Å². The van der Waals surface area contributed by atoms with Gasteiger partial charge in [-0.3, -0.25) is 13.9 Å². The van der Waals surface area contributed by atoms with Gasteiger partial charge in [0.05, 0.1) is 16.8 Å². The van der Waals surface area contributed by atoms with Crippen molar-refractivity contribution in [3.8, 4) is 22.4 Å². The summed E-state index contributed by atoms with van der Waals surface area (Å²) in [5, 5.41) is 0.337. The normalized spacial score (nSPS) is 11.1. The van der Waals surface area contributed by atoms with Crippen LogP contribution >= 0.6 is 0 Å². The molecule has 0 saturated heterocycles. The zero-order valence-electron chi connectivity index (χ0n) is 15.9. The molecule has 2 aromatic heterocycles. The first-order valence-electron chi connectivity index (χ1n) is 8.92. The molecule has 6 nitrogen and oxygen atoms in total. The fourth-order valence-corrected chi connectivity index (χ4v) is 3.44. The minimum atomic E-state index is -0.427. The Morgan fingerprint density at radius 2 is 1.50 bits per heavy atom. The number of nitrogen functional groups attached to an aromatic ring is 1. The molecule has 28 heavy (non-hydrogen) atoms. The molecule has 2 N–H and O–H groups in total. The summed E-state index contributed by atoms with van der Waals surface area (Å²) in [4.78, 5) is 30.1. The molecule has 0 spiro atoms. The second-order valence-corrected chi connectivity index (χ2v) is 6.89. The van der Waals surface area contributed by atoms with Crippen LogP contribution in [0.1, 0.15) is 5.56 Å². The van der Waals surface area contributed by atoms with E-state index in [1.54, 1.807) is 7.05 Å². The molecular weight excluding hydrogens is 352 g/mol. The molecule has 4 aromatic rings. The smallest absolute Gasteiger partial charge is 0.332 e. The van der Waals surface area contributed by atoms with Crippen molar-refractivity contribution < 1.29 is 0 Å². The van der Waals surface area contributed by atoms with Gasteiger partial charge in [-0.05, 0) is 12.5 Å². The van der Waals surface area contributed by atoms with Crippen molar-refractivity contribution in [2.75, 3.05) is 5.73 Å². The maximum absolute atomic E-state index is 13.0. The van der Waals surface area contributed by atoms with Crippen LogP contribution in [-0.2, 0) is 14.1 Å². The number of hydrogen-bond donors (Lipinski definition) is 1. The monoisotopic (exact) mass is 372 g/mol. The predicted octanol–water partition coefficient (Wildman–Crippen LogP) is 2.86. The molecule has 0 aliphatic rings. The highest BCUT2D eigenvalue weighted by atomic mass is 16.2. The first-order chi connectivity index (χ1) is 13.4. The number of aryl methyl sites for hydroxylation is 2. The topological polar surface area (TPSA) is 82.9 Å². The number of nitrogens with two attached hydrogens (primary N) is 1. The van der Waals surface area contributed by atoms with Gasteiger partial charge in [0.15, 0.2) is 5.65 Å². The van der Waals surface area contributed by atoms with Gasteiger partial charge < -0.3 is 5.73 Å². The number of anilines is 1. The van der Waals surface area contributed by atoms with E-state index in [1.807, 2.05) is 61.5 Å². The van der Waals surface area contributed by atoms with Gasteiger partial charge in [0.25, 0.3) is 5.56 Å². The molecule has 0 radical (unpaired) electrons. The maximum Gasteiger partial charge on any atom is 0.332 e. The average molecular weight is 372 g/mol. The van der Waals surface area contributed by atoms with Crippen molar-refractivity contribution in [1.82, 2.24) is 14.1 Å². The van der Waals surface area contributed by atoms with Crippen molar-refractivity contribution in [2.24, 2.45) is 14.1 Å². The summed E-state index contributed by atoms with van der Waals surface area (Å²) in [5.41, 5.74) is 10.3. The van der Waals surface area contributed by atoms with Gasteiger partial charge in [0.2, 0.25) is 0 Å². The highest BCUT2D eigenvalue weighted by Crippen LogP contribution is 2.37. The first-order valence-corrected chi connectivity index (χ1v) is 8.92. The Kier molecular flexibility index (Phi) is 4.11. The van der Waals surface area contributed by atoms with E-state index in [0.717, 1.165) is 21.3 Å². The third kappa shape index (κ3) is 2.62. The molecule has 6 heteroatoms. The SMILES string of the molecule is Cc1ccc(-c2nc3c(c(-c4ccccc4)c2N)c(=O)n(C)c(=O)n3C)cc1. The number of rotatable bonds is 2. The van der Waals surface area contributed by atoms with E-state index in [-0.39, 0.29) is 0 Å². The molecule has 2 heterocycles. The molecule has 4 rings (SSSR count). The van der Waals surface area contributed by atoms with Crippen LogP contribution in [0.25, 0.3) is 33.4 Å². The third-order valence-corrected chi connectivity index (χ3v) is 5.01. The van der Waals surface area contributed by atoms with Gasteiger partial charge in [-0.1, -0.05) is 60.2 Å². The molecule has 0 amide bonds. The minimum Gasteiger partial charge on any atom is -0.396 e. The third-order valence-electron chi connectivity index (χ3n) is 5.01. The highest BCUT2D eigenvalue weighted by Gasteiger charge is 2.21. The summed E-state index contributed by atoms with van der Waals surface area (Å²) < 4.78 is 2.47. The summed E-state index contributed by atoms with van der Waals surface area (Å²) in [7, 11) is 3.07. The van der Waals surface area contributed by atoms with Crippen LogP contribution in [-0.4, -0.2) is 14.1 Å². The number of benzene rings is 2. The molecule has 0 aliphatic heterocycles. The lowest BCUT2D eigenvalue weighted by Crippen LogP contribution is -2.37. The molecule has 0 aliphatic carbocycles. The van der Waals surface area contributed by atoms with E-state index < -0.39 is 11.2 Å². The Morgan fingerprint density at radius 1 is 0.857 bits per heavy atom. The molecular formula is C22H20N4O2. The molecule has 0 atom stereocenters. The summed E-state index contributed by atoms with van der Waals surface area (Å²) >= 11 is 0. The lowest BCUT2D eigenvalue weighted by atomic mass is 9.97. The molecule has 0 fully saturated rings. The van der Waals surface area contributed by atoms with Crippen molar-refractivity contribution in [3.63, 3.8) is 0 Å². The molecule has 0 saturated carbocycles. The molecule has 0 bridgehead atoms. The lowest BCUT2D eigenvalue weighted by molar-refractivity contribution is 0.708. The highest BCUT2D eigenvalue weighted by molar-refractivity contribution is 6.03. The van der Waals surface area contributed by atoms with Crippen LogP contribution in [0.3, 0.4) is 0 Å². The Bertz CT molecular complexity index is 1320. The van der Waals surface area contributed by atoms with Crippen LogP contribution in [0.4, 0.5) is 5.69 Å². The Labute approximate surface area is 161 Å². The summed E-state index contributed by atoms with van der Waals surface area (Å²) in [5.74, 6) is 0. The van der Waals surface area contributed by atoms with E-state index in [9.17, 15) is 9.59 Å². The number of nitrogens with zero attached hydrogens (tertiary/aromatic N) is 3. The van der Waals surface area contributed by atoms with E-state index in [1.165, 1.54) is 11.6 Å². The maximum atomic E-state index is 13.0. The van der Waals surface area contributed by atoms with E-state index in [2.05, 4.69) is 4.98 Å². The van der Waals surface area contributed by atoms with Crippen molar-refractivity contribution >= 4 is 16.7 Å². The van der Waals surface area contributed by atoms with Gasteiger partial charge in [-0.25, -0.2) is 9.78 Å². The number of hydrogen-bond acceptors (Lipinski definition) is 4. The van der Waals surface area contributed by atoms with Crippen LogP contribution in [0.2, 0.25) is 0 Å². The van der Waals surface area contributed by atoms with E-state index >= 15 is 0 Å². The zero-order valence-corrected chi connectivity index (χ0v) is 15.9. The van der Waals surface area contributed by atoms with Crippen LogP contribution < -0.4 is 17.0 Å². The van der Waals surface area contributed by atoms with Gasteiger partial charge in [-0.2, -0.15) is 0 Å². The number of fused-ring (bicyclic) bond motifs is 1. The van der Waals surface area contributed by atoms with Crippen LogP contribution in [0.5, 0.6) is 0 Å². The minimum absolute atomic E-state index is 0.316. The van der Waals surface area contributed by atoms with Gasteiger partial charge in [-0.15, -0.1) is 0 Å². The fraction of sp³-hybridized carbons (Fsp3) is 0.136. The molecule has 0 unspecified atom stereocenters. The van der Waals surface area contributed by atoms with Gasteiger partial charge >= 0.3 is 5.69 Å². The van der Waals surface area contributed by atoms with E-state index in [0.29, 0.717) is 28.0 Å². The Balaban J connectivity index is 2.24. The Morgan fingerprint density at radius 3 is 2.14 bits per heavy atom. The summed E-state index contributed by atoms with van der Waals surface area (Å²) in [6, 6.07) is 17.3. The predicted molar refractivity (Wildman–Crippen MR) is 112 cm³/mol. The van der Waals surface area contributed by atoms with E-state index in [4.69, 9.17) is 5.73 Å². The fourth-order valence-electron chi connectivity index (χ4n) is 3.44. The quantitative estimate of drug-likeness (QED) is 0.586. The number of aromatic nitrogens is 3. The average Bonchev–Trinajstić information content (AvgIpc) is 2.71. The standard InChI is InChI=1S/C22H20N4O2/c1-13-9-11-15(12-10-13)19-18(23)16(14-7-5-4-6-8-14)17-20(24-19)25(2)22(28)26(3)21(17)27/h4-12H,23H2,1-3H3. The largest absolute Gasteiger partial charge is 0.396 e. The number of pyridine rings is 1. The zero-order chi connectivity index (χ0) is 20.0. The van der Waals surface area contributed by atoms with Crippen molar-refractivity contribution in [3.05, 3.63) is 81.0 Å². The second-order valence-electron chi connectivity index (χ2n) is 6.89. The van der Waals surface area contributed by atoms with Crippen LogP contribution in [0.15, 0.2) is 64.2 Å². The molecule has 2 aromatic carbocycles. The second kappa shape index (κ2) is 6.49. The molecule has 140 valence electrons. The van der Waals surface area contributed by atoms with Gasteiger partial charge in [0, 0.05) is 25.2 Å². The summed E-state index contributed by atoms with van der Waals surface area (Å²) in [6.07, 6.45) is 0. The van der Waals surface area contributed by atoms with Crippen molar-refractivity contribution in [2.45, 2.75) is 6.92 Å². The van der Waals surface area contributed by atoms with Crippen LogP contribution in [0, 0.1) is 6.92 Å². The lowest BCUT2D eigenvalue weighted by Gasteiger charge is -2.16.